The second-order valence-electron chi connectivity index (χ2n) is 6.78. The van der Waals surface area contributed by atoms with E-state index >= 15 is 0 Å². The van der Waals surface area contributed by atoms with Gasteiger partial charge < -0.3 is 10.1 Å². The van der Waals surface area contributed by atoms with E-state index in [1.807, 2.05) is 0 Å². The Labute approximate surface area is 171 Å². The van der Waals surface area contributed by atoms with Crippen molar-refractivity contribution in [1.29, 1.82) is 0 Å². The predicted octanol–water partition coefficient (Wildman–Crippen LogP) is 4.99. The highest BCUT2D eigenvalue weighted by atomic mass is 19.4. The highest BCUT2D eigenvalue weighted by Gasteiger charge is 2.32. The van der Waals surface area contributed by atoms with Crippen molar-refractivity contribution in [3.8, 4) is 11.6 Å². The highest BCUT2D eigenvalue weighted by Crippen LogP contribution is 2.32. The van der Waals surface area contributed by atoms with Gasteiger partial charge in [-0.15, -0.1) is 0 Å². The lowest BCUT2D eigenvalue weighted by Crippen LogP contribution is -2.11. The standard InChI is InChI=1S/C22H20F3N3O2/c1-14-3-4-16(11-19(14)22(23,24)25)10-17(29)9-15-5-7-18(8-6-15)30-21-12-20(26-2)27-13-28-21/h3-8,11-13H,9-10H2,1-2H3,(H,26,27,28). The summed E-state index contributed by atoms with van der Waals surface area (Å²) in [5.41, 5.74) is 0.524. The number of alkyl halides is 3. The molecule has 0 aliphatic carbocycles. The van der Waals surface area contributed by atoms with E-state index in [9.17, 15) is 18.0 Å². The van der Waals surface area contributed by atoms with Gasteiger partial charge in [-0.05, 0) is 41.8 Å². The Bertz CT molecular complexity index is 1030. The minimum Gasteiger partial charge on any atom is -0.439 e. The summed E-state index contributed by atoms with van der Waals surface area (Å²) in [6, 6.07) is 12.5. The fourth-order valence-electron chi connectivity index (χ4n) is 2.93. The molecule has 0 aliphatic heterocycles. The normalized spacial score (nSPS) is 11.2. The lowest BCUT2D eigenvalue weighted by molar-refractivity contribution is -0.138. The molecule has 2 aromatic carbocycles. The van der Waals surface area contributed by atoms with Crippen LogP contribution >= 0.6 is 0 Å². The molecule has 3 aromatic rings. The van der Waals surface area contributed by atoms with Gasteiger partial charge in [0.2, 0.25) is 5.88 Å². The maximum Gasteiger partial charge on any atom is 0.416 e. The predicted molar refractivity (Wildman–Crippen MR) is 107 cm³/mol. The summed E-state index contributed by atoms with van der Waals surface area (Å²) in [5, 5.41) is 2.89. The number of ether oxygens (including phenoxy) is 1. The molecule has 0 aliphatic rings. The zero-order valence-corrected chi connectivity index (χ0v) is 16.5. The monoisotopic (exact) mass is 415 g/mol. The number of ketones is 1. The fourth-order valence-corrected chi connectivity index (χ4v) is 2.93. The quantitative estimate of drug-likeness (QED) is 0.589. The van der Waals surface area contributed by atoms with Gasteiger partial charge in [0.05, 0.1) is 5.56 Å². The van der Waals surface area contributed by atoms with E-state index in [0.29, 0.717) is 23.0 Å². The van der Waals surface area contributed by atoms with Gasteiger partial charge >= 0.3 is 6.18 Å². The van der Waals surface area contributed by atoms with Crippen molar-refractivity contribution in [3.05, 3.63) is 77.1 Å². The average Bonchev–Trinajstić information content (AvgIpc) is 2.70. The van der Waals surface area contributed by atoms with Crippen LogP contribution in [0.3, 0.4) is 0 Å². The van der Waals surface area contributed by atoms with Crippen LogP contribution in [-0.4, -0.2) is 22.8 Å². The zero-order chi connectivity index (χ0) is 21.7. The minimum atomic E-state index is -4.43. The van der Waals surface area contributed by atoms with Crippen molar-refractivity contribution >= 4 is 11.6 Å². The number of hydrogen-bond donors (Lipinski definition) is 1. The van der Waals surface area contributed by atoms with Crippen molar-refractivity contribution in [2.24, 2.45) is 0 Å². The number of hydrogen-bond acceptors (Lipinski definition) is 5. The molecule has 30 heavy (non-hydrogen) atoms. The number of halogens is 3. The molecular formula is C22H20F3N3O2. The summed E-state index contributed by atoms with van der Waals surface area (Å²) in [4.78, 5) is 20.4. The van der Waals surface area contributed by atoms with E-state index in [1.165, 1.54) is 19.3 Å². The van der Waals surface area contributed by atoms with Crippen molar-refractivity contribution in [2.45, 2.75) is 25.9 Å². The summed E-state index contributed by atoms with van der Waals surface area (Å²) in [6.45, 7) is 1.40. The van der Waals surface area contributed by atoms with Crippen LogP contribution in [0, 0.1) is 6.92 Å². The Balaban J connectivity index is 1.62. The number of nitrogens with zero attached hydrogens (tertiary/aromatic N) is 2. The van der Waals surface area contributed by atoms with Gasteiger partial charge in [0.1, 0.15) is 23.7 Å². The molecule has 1 heterocycles. The molecule has 0 radical (unpaired) electrons. The highest BCUT2D eigenvalue weighted by molar-refractivity contribution is 5.83. The molecule has 0 spiro atoms. The number of benzene rings is 2. The third-order valence-electron chi connectivity index (χ3n) is 4.45. The van der Waals surface area contributed by atoms with Gasteiger partial charge in [0.15, 0.2) is 0 Å². The van der Waals surface area contributed by atoms with E-state index in [4.69, 9.17) is 4.74 Å². The molecule has 5 nitrogen and oxygen atoms in total. The summed E-state index contributed by atoms with van der Waals surface area (Å²) in [6.07, 6.45) is -3.00. The van der Waals surface area contributed by atoms with E-state index in [2.05, 4.69) is 15.3 Å². The molecule has 1 aromatic heterocycles. The summed E-state index contributed by atoms with van der Waals surface area (Å²) in [7, 11) is 1.73. The van der Waals surface area contributed by atoms with E-state index in [-0.39, 0.29) is 24.2 Å². The first-order valence-electron chi connectivity index (χ1n) is 9.19. The number of carbonyl (C=O) groups excluding carboxylic acids is 1. The van der Waals surface area contributed by atoms with Gasteiger partial charge in [-0.1, -0.05) is 24.3 Å². The molecule has 0 atom stereocenters. The second-order valence-corrected chi connectivity index (χ2v) is 6.78. The van der Waals surface area contributed by atoms with Crippen LogP contribution in [0.15, 0.2) is 54.9 Å². The van der Waals surface area contributed by atoms with Crippen LogP contribution < -0.4 is 10.1 Å². The Morgan fingerprint density at radius 2 is 1.67 bits per heavy atom. The number of rotatable bonds is 7. The average molecular weight is 415 g/mol. The topological polar surface area (TPSA) is 64.1 Å². The summed E-state index contributed by atoms with van der Waals surface area (Å²) >= 11 is 0. The maximum atomic E-state index is 13.0. The SMILES string of the molecule is CNc1cc(Oc2ccc(CC(=O)Cc3ccc(C)c(C(F)(F)F)c3)cc2)ncn1. The van der Waals surface area contributed by atoms with Crippen molar-refractivity contribution in [2.75, 3.05) is 12.4 Å². The number of carbonyl (C=O) groups is 1. The zero-order valence-electron chi connectivity index (χ0n) is 16.5. The van der Waals surface area contributed by atoms with E-state index < -0.39 is 11.7 Å². The lowest BCUT2D eigenvalue weighted by Gasteiger charge is -2.12. The Hall–Kier alpha value is -3.42. The Kier molecular flexibility index (Phi) is 6.34. The van der Waals surface area contributed by atoms with Crippen LogP contribution in [0.25, 0.3) is 0 Å². The molecular weight excluding hydrogens is 395 g/mol. The van der Waals surface area contributed by atoms with E-state index in [0.717, 1.165) is 11.6 Å². The molecule has 0 fully saturated rings. The van der Waals surface area contributed by atoms with Crippen LogP contribution in [0.5, 0.6) is 11.6 Å². The van der Waals surface area contributed by atoms with Gasteiger partial charge in [0.25, 0.3) is 0 Å². The summed E-state index contributed by atoms with van der Waals surface area (Å²) in [5.74, 6) is 1.36. The van der Waals surface area contributed by atoms with Crippen LogP contribution in [0.1, 0.15) is 22.3 Å². The molecule has 1 N–H and O–H groups in total. The fraction of sp³-hybridized carbons (Fsp3) is 0.227. The van der Waals surface area contributed by atoms with Gasteiger partial charge in [-0.2, -0.15) is 13.2 Å². The van der Waals surface area contributed by atoms with Gasteiger partial charge in [0, 0.05) is 26.0 Å². The van der Waals surface area contributed by atoms with Crippen LogP contribution in [0.2, 0.25) is 0 Å². The first-order valence-corrected chi connectivity index (χ1v) is 9.19. The maximum absolute atomic E-state index is 13.0. The molecule has 3 rings (SSSR count). The number of nitrogens with one attached hydrogen (secondary N) is 1. The number of aromatic nitrogens is 2. The largest absolute Gasteiger partial charge is 0.439 e. The van der Waals surface area contributed by atoms with Crippen LogP contribution in [-0.2, 0) is 23.8 Å². The molecule has 0 saturated carbocycles. The third kappa shape index (κ3) is 5.56. The Morgan fingerprint density at radius 3 is 2.33 bits per heavy atom. The minimum absolute atomic E-state index is 0.0602. The molecule has 0 amide bonds. The number of anilines is 1. The summed E-state index contributed by atoms with van der Waals surface area (Å²) < 4.78 is 44.8. The molecule has 8 heteroatoms. The van der Waals surface area contributed by atoms with Crippen molar-refractivity contribution in [3.63, 3.8) is 0 Å². The molecule has 0 unspecified atom stereocenters. The Morgan fingerprint density at radius 1 is 1.00 bits per heavy atom. The van der Waals surface area contributed by atoms with Crippen molar-refractivity contribution in [1.82, 2.24) is 9.97 Å². The number of Topliss-reactive ketones (excluding diaryl/α,β-unsaturated/α-hetero) is 1. The van der Waals surface area contributed by atoms with Crippen LogP contribution in [0.4, 0.5) is 19.0 Å². The smallest absolute Gasteiger partial charge is 0.416 e. The van der Waals surface area contributed by atoms with Gasteiger partial charge in [-0.25, -0.2) is 9.97 Å². The molecule has 156 valence electrons. The molecule has 0 bridgehead atoms. The third-order valence-corrected chi connectivity index (χ3v) is 4.45. The lowest BCUT2D eigenvalue weighted by atomic mass is 9.99. The van der Waals surface area contributed by atoms with E-state index in [1.54, 1.807) is 43.4 Å². The second kappa shape index (κ2) is 8.94. The number of aryl methyl sites for hydroxylation is 1. The van der Waals surface area contributed by atoms with Crippen molar-refractivity contribution < 1.29 is 22.7 Å². The first kappa shape index (κ1) is 21.3. The molecule has 0 saturated heterocycles. The van der Waals surface area contributed by atoms with Gasteiger partial charge in [-0.3, -0.25) is 4.79 Å². The first-order chi connectivity index (χ1) is 14.2.